The van der Waals surface area contributed by atoms with Crippen molar-refractivity contribution in [2.24, 2.45) is 0 Å². The molecule has 2 aromatic heterocycles. The molecule has 0 atom stereocenters. The van der Waals surface area contributed by atoms with Crippen LogP contribution in [0.25, 0.3) is 33.3 Å². The Bertz CT molecular complexity index is 1310. The summed E-state index contributed by atoms with van der Waals surface area (Å²) in [4.78, 5) is 21.2. The number of para-hydroxylation sites is 1. The summed E-state index contributed by atoms with van der Waals surface area (Å²) in [7, 11) is 3.27. The number of ether oxygens (including phenoxy) is 1. The molecule has 0 spiro atoms. The average molecular weight is 440 g/mol. The number of hydrogen-bond acceptors (Lipinski definition) is 4. The van der Waals surface area contributed by atoms with Gasteiger partial charge in [-0.3, -0.25) is 4.79 Å². The van der Waals surface area contributed by atoms with Crippen molar-refractivity contribution in [2.75, 3.05) is 19.8 Å². The number of nitrogens with one attached hydrogen (secondary N) is 1. The van der Waals surface area contributed by atoms with E-state index < -0.39 is 6.36 Å². The number of fused-ring (bicyclic) bond motifs is 1. The predicted octanol–water partition coefficient (Wildman–Crippen LogP) is 5.08. The van der Waals surface area contributed by atoms with Crippen molar-refractivity contribution in [2.45, 2.75) is 6.36 Å². The first-order valence-corrected chi connectivity index (χ1v) is 9.58. The standard InChI is InChI=1S/C23H19F3N4O2/c1-30(2)22(31)17-9-13(7-8-19(17)27)14-10-16-18(12-29-21(16)28-11-14)15-5-3-4-6-20(15)32-23(24,25)26/h3-12H,27H2,1-2H3,(H,28,29). The van der Waals surface area contributed by atoms with E-state index in [0.717, 1.165) is 0 Å². The number of aromatic amines is 1. The SMILES string of the molecule is CN(C)C(=O)c1cc(-c2cnc3[nH]cc(-c4ccccc4OC(F)(F)F)c3c2)ccc1N. The van der Waals surface area contributed by atoms with Crippen LogP contribution in [0, 0.1) is 0 Å². The maximum atomic E-state index is 12.9. The number of anilines is 1. The Balaban J connectivity index is 1.82. The third kappa shape index (κ3) is 4.09. The van der Waals surface area contributed by atoms with Gasteiger partial charge in [0, 0.05) is 54.3 Å². The van der Waals surface area contributed by atoms with Gasteiger partial charge in [0.15, 0.2) is 0 Å². The summed E-state index contributed by atoms with van der Waals surface area (Å²) >= 11 is 0. The minimum absolute atomic E-state index is 0.237. The van der Waals surface area contributed by atoms with Gasteiger partial charge in [0.05, 0.1) is 5.56 Å². The Labute approximate surface area is 181 Å². The highest BCUT2D eigenvalue weighted by Gasteiger charge is 2.32. The highest BCUT2D eigenvalue weighted by molar-refractivity contribution is 6.01. The number of hydrogen-bond donors (Lipinski definition) is 2. The minimum atomic E-state index is -4.81. The van der Waals surface area contributed by atoms with Gasteiger partial charge in [-0.2, -0.15) is 0 Å². The van der Waals surface area contributed by atoms with Gasteiger partial charge < -0.3 is 20.4 Å². The smallest absolute Gasteiger partial charge is 0.405 e. The van der Waals surface area contributed by atoms with E-state index in [9.17, 15) is 18.0 Å². The number of pyridine rings is 1. The maximum Gasteiger partial charge on any atom is 0.573 e. The van der Waals surface area contributed by atoms with Crippen LogP contribution in [0.2, 0.25) is 0 Å². The predicted molar refractivity (Wildman–Crippen MR) is 116 cm³/mol. The molecule has 4 rings (SSSR count). The molecular weight excluding hydrogens is 421 g/mol. The number of amides is 1. The number of benzene rings is 2. The van der Waals surface area contributed by atoms with Crippen LogP contribution in [0.15, 0.2) is 60.9 Å². The number of H-pyrrole nitrogens is 1. The van der Waals surface area contributed by atoms with Crippen LogP contribution >= 0.6 is 0 Å². The van der Waals surface area contributed by atoms with E-state index in [0.29, 0.717) is 39.0 Å². The zero-order chi connectivity index (χ0) is 23.0. The highest BCUT2D eigenvalue weighted by atomic mass is 19.4. The largest absolute Gasteiger partial charge is 0.573 e. The summed E-state index contributed by atoms with van der Waals surface area (Å²) in [6, 6.07) is 12.8. The first-order chi connectivity index (χ1) is 15.1. The van der Waals surface area contributed by atoms with Crippen molar-refractivity contribution in [3.05, 3.63) is 66.5 Å². The van der Waals surface area contributed by atoms with Crippen molar-refractivity contribution >= 4 is 22.6 Å². The van der Waals surface area contributed by atoms with E-state index in [1.165, 1.54) is 17.0 Å². The van der Waals surface area contributed by atoms with Gasteiger partial charge in [-0.25, -0.2) is 4.98 Å². The van der Waals surface area contributed by atoms with Gasteiger partial charge in [0.1, 0.15) is 11.4 Å². The van der Waals surface area contributed by atoms with Crippen LogP contribution < -0.4 is 10.5 Å². The molecule has 32 heavy (non-hydrogen) atoms. The molecule has 6 nitrogen and oxygen atoms in total. The molecule has 0 unspecified atom stereocenters. The molecule has 9 heteroatoms. The first-order valence-electron chi connectivity index (χ1n) is 9.58. The van der Waals surface area contributed by atoms with E-state index in [4.69, 9.17) is 5.73 Å². The summed E-state index contributed by atoms with van der Waals surface area (Å²) < 4.78 is 42.8. The molecule has 3 N–H and O–H groups in total. The Kier molecular flexibility index (Phi) is 5.25. The monoisotopic (exact) mass is 440 g/mol. The Morgan fingerprint density at radius 1 is 1.06 bits per heavy atom. The Hall–Kier alpha value is -4.01. The van der Waals surface area contributed by atoms with Crippen molar-refractivity contribution in [3.8, 4) is 28.0 Å². The molecule has 1 amide bonds. The summed E-state index contributed by atoms with van der Waals surface area (Å²) in [6.45, 7) is 0. The number of halogens is 3. The summed E-state index contributed by atoms with van der Waals surface area (Å²) in [6.07, 6.45) is -1.61. The van der Waals surface area contributed by atoms with Gasteiger partial charge in [0.2, 0.25) is 0 Å². The molecule has 164 valence electrons. The van der Waals surface area contributed by atoms with E-state index in [2.05, 4.69) is 14.7 Å². The average Bonchev–Trinajstić information content (AvgIpc) is 3.16. The molecule has 2 aromatic carbocycles. The number of rotatable bonds is 4. The molecule has 0 bridgehead atoms. The summed E-state index contributed by atoms with van der Waals surface area (Å²) in [5.74, 6) is -0.545. The van der Waals surface area contributed by atoms with Gasteiger partial charge >= 0.3 is 6.36 Å². The first kappa shape index (κ1) is 21.2. The van der Waals surface area contributed by atoms with Crippen LogP contribution in [-0.2, 0) is 0 Å². The molecule has 2 heterocycles. The zero-order valence-corrected chi connectivity index (χ0v) is 17.2. The molecule has 0 saturated carbocycles. The molecule has 0 aliphatic heterocycles. The van der Waals surface area contributed by atoms with Crippen LogP contribution in [0.5, 0.6) is 5.75 Å². The van der Waals surface area contributed by atoms with E-state index in [1.807, 2.05) is 0 Å². The number of nitrogens with two attached hydrogens (primary N) is 1. The van der Waals surface area contributed by atoms with Crippen molar-refractivity contribution in [1.82, 2.24) is 14.9 Å². The summed E-state index contributed by atoms with van der Waals surface area (Å²) in [5.41, 5.74) is 9.34. The molecule has 0 radical (unpaired) electrons. The van der Waals surface area contributed by atoms with Gasteiger partial charge in [-0.05, 0) is 29.8 Å². The molecular formula is C23H19F3N4O2. The molecule has 0 aliphatic carbocycles. The van der Waals surface area contributed by atoms with Crippen LogP contribution in [0.3, 0.4) is 0 Å². The second-order valence-corrected chi connectivity index (χ2v) is 7.37. The lowest BCUT2D eigenvalue weighted by molar-refractivity contribution is -0.274. The van der Waals surface area contributed by atoms with Gasteiger partial charge in [-0.1, -0.05) is 24.3 Å². The fraction of sp³-hybridized carbons (Fsp3) is 0.130. The second-order valence-electron chi connectivity index (χ2n) is 7.37. The fourth-order valence-electron chi connectivity index (χ4n) is 3.45. The van der Waals surface area contributed by atoms with Crippen molar-refractivity contribution < 1.29 is 22.7 Å². The van der Waals surface area contributed by atoms with E-state index in [1.54, 1.807) is 62.9 Å². The number of carbonyl (C=O) groups is 1. The lowest BCUT2D eigenvalue weighted by atomic mass is 9.99. The lowest BCUT2D eigenvalue weighted by Gasteiger charge is -2.14. The van der Waals surface area contributed by atoms with E-state index >= 15 is 0 Å². The van der Waals surface area contributed by atoms with Gasteiger partial charge in [-0.15, -0.1) is 13.2 Å². The van der Waals surface area contributed by atoms with Crippen LogP contribution in [-0.4, -0.2) is 41.2 Å². The summed E-state index contributed by atoms with van der Waals surface area (Å²) in [5, 5.41) is 0.609. The highest BCUT2D eigenvalue weighted by Crippen LogP contribution is 2.38. The molecule has 0 saturated heterocycles. The number of alkyl halides is 3. The fourth-order valence-corrected chi connectivity index (χ4v) is 3.45. The number of nitrogen functional groups attached to an aromatic ring is 1. The maximum absolute atomic E-state index is 12.9. The third-order valence-corrected chi connectivity index (χ3v) is 4.96. The molecule has 0 aliphatic rings. The number of carbonyl (C=O) groups excluding carboxylic acids is 1. The number of aromatic nitrogens is 2. The normalized spacial score (nSPS) is 11.5. The zero-order valence-electron chi connectivity index (χ0n) is 17.2. The van der Waals surface area contributed by atoms with Crippen molar-refractivity contribution in [1.29, 1.82) is 0 Å². The molecule has 4 aromatic rings. The van der Waals surface area contributed by atoms with Gasteiger partial charge in [0.25, 0.3) is 5.91 Å². The second kappa shape index (κ2) is 7.92. The van der Waals surface area contributed by atoms with Crippen molar-refractivity contribution in [3.63, 3.8) is 0 Å². The van der Waals surface area contributed by atoms with E-state index in [-0.39, 0.29) is 17.2 Å². The number of nitrogens with zero attached hydrogens (tertiary/aromatic N) is 2. The Morgan fingerprint density at radius 2 is 1.81 bits per heavy atom. The Morgan fingerprint density at radius 3 is 2.53 bits per heavy atom. The van der Waals surface area contributed by atoms with Crippen LogP contribution in [0.1, 0.15) is 10.4 Å². The quantitative estimate of drug-likeness (QED) is 0.434. The topological polar surface area (TPSA) is 84.2 Å². The van der Waals surface area contributed by atoms with Crippen LogP contribution in [0.4, 0.5) is 18.9 Å². The lowest BCUT2D eigenvalue weighted by Crippen LogP contribution is -2.22. The third-order valence-electron chi connectivity index (χ3n) is 4.96. The minimum Gasteiger partial charge on any atom is -0.405 e. The molecule has 0 fully saturated rings.